The number of aryl methyl sites for hydroxylation is 1. The first-order valence-electron chi connectivity index (χ1n) is 10.5. The molecular formula is C22H26N4O3S2. The van der Waals surface area contributed by atoms with Gasteiger partial charge in [-0.15, -0.1) is 0 Å². The van der Waals surface area contributed by atoms with E-state index in [2.05, 4.69) is 4.90 Å². The highest BCUT2D eigenvalue weighted by Gasteiger charge is 2.33. The first kappa shape index (κ1) is 22.0. The average molecular weight is 459 g/mol. The minimum absolute atomic E-state index is 0.0106. The van der Waals surface area contributed by atoms with Crippen LogP contribution < -0.4 is 10.5 Å². The van der Waals surface area contributed by atoms with Gasteiger partial charge in [0.05, 0.1) is 22.7 Å². The molecule has 0 N–H and O–H groups in total. The van der Waals surface area contributed by atoms with Crippen LogP contribution in [0, 0.1) is 6.92 Å². The third kappa shape index (κ3) is 4.14. The van der Waals surface area contributed by atoms with Gasteiger partial charge in [-0.2, -0.15) is 0 Å². The van der Waals surface area contributed by atoms with E-state index in [0.717, 1.165) is 12.0 Å². The van der Waals surface area contributed by atoms with Gasteiger partial charge in [-0.05, 0) is 44.9 Å². The standard InChI is InChI=1S/C22H26N4O3S2/c1-5-8-26-21(28)17(31-22(26)30)10-16-19(24-11-14(3)29-15(4)12-24)23-18-13(2)7-6-9-25(18)20(16)27/h6-7,9-10,14-15H,5,8,11-12H2,1-4H3/b17-10-. The first-order valence-corrected chi connectivity index (χ1v) is 11.7. The van der Waals surface area contributed by atoms with Crippen molar-refractivity contribution in [3.63, 3.8) is 0 Å². The molecule has 2 fully saturated rings. The smallest absolute Gasteiger partial charge is 0.267 e. The molecule has 31 heavy (non-hydrogen) atoms. The number of thioether (sulfide) groups is 1. The lowest BCUT2D eigenvalue weighted by Crippen LogP contribution is -2.46. The molecule has 9 heteroatoms. The highest BCUT2D eigenvalue weighted by Crippen LogP contribution is 2.34. The molecule has 2 aliphatic rings. The maximum Gasteiger partial charge on any atom is 0.267 e. The zero-order chi connectivity index (χ0) is 22.3. The van der Waals surface area contributed by atoms with E-state index in [1.807, 2.05) is 39.8 Å². The molecular weight excluding hydrogens is 432 g/mol. The minimum Gasteiger partial charge on any atom is -0.372 e. The lowest BCUT2D eigenvalue weighted by atomic mass is 10.1. The fraction of sp³-hybridized carbons (Fsp3) is 0.455. The van der Waals surface area contributed by atoms with Gasteiger partial charge in [0.2, 0.25) is 0 Å². The van der Waals surface area contributed by atoms with Crippen molar-refractivity contribution < 1.29 is 9.53 Å². The fourth-order valence-corrected chi connectivity index (χ4v) is 5.36. The summed E-state index contributed by atoms with van der Waals surface area (Å²) in [5.41, 5.74) is 1.73. The summed E-state index contributed by atoms with van der Waals surface area (Å²) in [5.74, 6) is 0.433. The summed E-state index contributed by atoms with van der Waals surface area (Å²) in [5, 5.41) is 0. The van der Waals surface area contributed by atoms with Crippen LogP contribution in [0.1, 0.15) is 38.3 Å². The van der Waals surface area contributed by atoms with Gasteiger partial charge in [-0.1, -0.05) is 37.0 Å². The maximum atomic E-state index is 13.5. The Morgan fingerprint density at radius 3 is 2.68 bits per heavy atom. The molecule has 2 saturated heterocycles. The van der Waals surface area contributed by atoms with Gasteiger partial charge >= 0.3 is 0 Å². The van der Waals surface area contributed by atoms with Crippen molar-refractivity contribution >= 4 is 51.7 Å². The Balaban J connectivity index is 1.89. The third-order valence-electron chi connectivity index (χ3n) is 5.38. The molecule has 1 amide bonds. The summed E-state index contributed by atoms with van der Waals surface area (Å²) in [4.78, 5) is 35.5. The molecule has 2 aromatic rings. The molecule has 2 aromatic heterocycles. The first-order chi connectivity index (χ1) is 14.8. The van der Waals surface area contributed by atoms with Crippen molar-refractivity contribution in [3.8, 4) is 0 Å². The minimum atomic E-state index is -0.198. The van der Waals surface area contributed by atoms with Crippen molar-refractivity contribution in [2.45, 2.75) is 46.3 Å². The normalized spacial score (nSPS) is 23.4. The van der Waals surface area contributed by atoms with E-state index < -0.39 is 0 Å². The molecule has 164 valence electrons. The number of aromatic nitrogens is 2. The number of hydrogen-bond acceptors (Lipinski definition) is 7. The van der Waals surface area contributed by atoms with E-state index in [0.29, 0.717) is 45.9 Å². The lowest BCUT2D eigenvalue weighted by molar-refractivity contribution is -0.122. The number of thiocarbonyl (C=S) groups is 1. The van der Waals surface area contributed by atoms with E-state index in [4.69, 9.17) is 21.9 Å². The van der Waals surface area contributed by atoms with Crippen LogP contribution in [0.25, 0.3) is 11.7 Å². The van der Waals surface area contributed by atoms with Gasteiger partial charge in [0.1, 0.15) is 15.8 Å². The van der Waals surface area contributed by atoms with Crippen molar-refractivity contribution in [1.29, 1.82) is 0 Å². The van der Waals surface area contributed by atoms with Crippen LogP contribution in [0.2, 0.25) is 0 Å². The Morgan fingerprint density at radius 1 is 1.29 bits per heavy atom. The van der Waals surface area contributed by atoms with Crippen LogP contribution in [0.15, 0.2) is 28.0 Å². The lowest BCUT2D eigenvalue weighted by Gasteiger charge is -2.36. The van der Waals surface area contributed by atoms with Crippen LogP contribution in [-0.4, -0.2) is 56.4 Å². The van der Waals surface area contributed by atoms with E-state index in [-0.39, 0.29) is 23.7 Å². The summed E-state index contributed by atoms with van der Waals surface area (Å²) in [6.07, 6.45) is 4.21. The molecule has 7 nitrogen and oxygen atoms in total. The second kappa shape index (κ2) is 8.72. The number of fused-ring (bicyclic) bond motifs is 1. The second-order valence-electron chi connectivity index (χ2n) is 8.03. The average Bonchev–Trinajstić information content (AvgIpc) is 2.97. The molecule has 0 radical (unpaired) electrons. The van der Waals surface area contributed by atoms with E-state index in [9.17, 15) is 9.59 Å². The van der Waals surface area contributed by atoms with Gasteiger partial charge in [-0.25, -0.2) is 4.98 Å². The number of ether oxygens (including phenoxy) is 1. The molecule has 2 atom stereocenters. The van der Waals surface area contributed by atoms with Gasteiger partial charge < -0.3 is 9.64 Å². The van der Waals surface area contributed by atoms with Crippen molar-refractivity contribution in [1.82, 2.24) is 14.3 Å². The predicted octanol–water partition coefficient (Wildman–Crippen LogP) is 3.23. The highest BCUT2D eigenvalue weighted by atomic mass is 32.2. The van der Waals surface area contributed by atoms with Crippen LogP contribution in [0.5, 0.6) is 0 Å². The molecule has 0 saturated carbocycles. The van der Waals surface area contributed by atoms with Crippen LogP contribution in [-0.2, 0) is 9.53 Å². The third-order valence-corrected chi connectivity index (χ3v) is 6.76. The van der Waals surface area contributed by atoms with Gasteiger partial charge in [-0.3, -0.25) is 18.9 Å². The molecule has 0 aromatic carbocycles. The fourth-order valence-electron chi connectivity index (χ4n) is 4.07. The number of morpholine rings is 1. The molecule has 2 aliphatic heterocycles. The summed E-state index contributed by atoms with van der Waals surface area (Å²) in [6, 6.07) is 3.76. The molecule has 0 bridgehead atoms. The van der Waals surface area contributed by atoms with Crippen molar-refractivity contribution in [2.75, 3.05) is 24.5 Å². The topological polar surface area (TPSA) is 67.2 Å². The predicted molar refractivity (Wildman–Crippen MR) is 129 cm³/mol. The second-order valence-corrected chi connectivity index (χ2v) is 9.71. The number of pyridine rings is 1. The monoisotopic (exact) mass is 458 g/mol. The van der Waals surface area contributed by atoms with E-state index >= 15 is 0 Å². The molecule has 2 unspecified atom stereocenters. The Kier molecular flexibility index (Phi) is 6.18. The summed E-state index contributed by atoms with van der Waals surface area (Å²) in [7, 11) is 0. The molecule has 4 heterocycles. The number of amides is 1. The zero-order valence-corrected chi connectivity index (χ0v) is 19.8. The van der Waals surface area contributed by atoms with E-state index in [1.165, 1.54) is 11.8 Å². The van der Waals surface area contributed by atoms with Crippen LogP contribution in [0.3, 0.4) is 0 Å². The SMILES string of the molecule is CCCN1C(=O)/C(=C/c2c(N3CC(C)OC(C)C3)nc3c(C)cccn3c2=O)SC1=S. The van der Waals surface area contributed by atoms with E-state index in [1.54, 1.807) is 21.6 Å². The summed E-state index contributed by atoms with van der Waals surface area (Å²) >= 11 is 6.63. The Labute approximate surface area is 191 Å². The van der Waals surface area contributed by atoms with Gasteiger partial charge in [0.25, 0.3) is 11.5 Å². The molecule has 4 rings (SSSR count). The number of hydrogen-bond donors (Lipinski definition) is 0. The van der Waals surface area contributed by atoms with Gasteiger partial charge in [0.15, 0.2) is 0 Å². The van der Waals surface area contributed by atoms with Gasteiger partial charge in [0, 0.05) is 25.8 Å². The Bertz CT molecular complexity index is 1130. The van der Waals surface area contributed by atoms with Crippen LogP contribution >= 0.6 is 24.0 Å². The summed E-state index contributed by atoms with van der Waals surface area (Å²) in [6.45, 7) is 9.78. The number of carbonyl (C=O) groups excluding carboxylic acids is 1. The number of nitrogens with zero attached hydrogens (tertiary/aromatic N) is 4. The summed E-state index contributed by atoms with van der Waals surface area (Å²) < 4.78 is 7.95. The van der Waals surface area contributed by atoms with Crippen molar-refractivity contribution in [3.05, 3.63) is 44.7 Å². The number of anilines is 1. The Hall–Kier alpha value is -2.23. The maximum absolute atomic E-state index is 13.5. The number of rotatable bonds is 4. The Morgan fingerprint density at radius 2 is 2.00 bits per heavy atom. The molecule has 0 aliphatic carbocycles. The molecule has 0 spiro atoms. The van der Waals surface area contributed by atoms with Crippen LogP contribution in [0.4, 0.5) is 5.82 Å². The largest absolute Gasteiger partial charge is 0.372 e. The van der Waals surface area contributed by atoms with Crippen molar-refractivity contribution in [2.24, 2.45) is 0 Å². The number of carbonyl (C=O) groups is 1. The quantitative estimate of drug-likeness (QED) is 0.515. The highest BCUT2D eigenvalue weighted by molar-refractivity contribution is 8.26. The zero-order valence-electron chi connectivity index (χ0n) is 18.1.